The summed E-state index contributed by atoms with van der Waals surface area (Å²) in [6.07, 6.45) is 4.69. The number of fused-ring (bicyclic) bond motifs is 3. The monoisotopic (exact) mass is 368 g/mol. The number of hydrogen-bond donors (Lipinski definition) is 0. The zero-order valence-electron chi connectivity index (χ0n) is 16.8. The zero-order valence-corrected chi connectivity index (χ0v) is 16.8. The highest BCUT2D eigenvalue weighted by molar-refractivity contribution is 6.14. The first kappa shape index (κ1) is 18.5. The van der Waals surface area contributed by atoms with E-state index in [1.807, 2.05) is 6.07 Å². The number of para-hydroxylation sites is 3. The summed E-state index contributed by atoms with van der Waals surface area (Å²) < 4.78 is 2.40. The molecule has 0 aliphatic rings. The Kier molecular flexibility index (Phi) is 5.57. The molecule has 0 saturated carbocycles. The zero-order chi connectivity index (χ0) is 19.3. The molecule has 1 aromatic heterocycles. The highest BCUT2D eigenvalue weighted by atomic mass is 15.1. The Hall–Kier alpha value is -2.87. The molecule has 142 valence electrons. The summed E-state index contributed by atoms with van der Waals surface area (Å²) in [5.41, 5.74) is 3.51. The third-order valence-electron chi connectivity index (χ3n) is 5.57. The largest absolute Gasteiger partial charge is 0.297 e. The van der Waals surface area contributed by atoms with Gasteiger partial charge in [-0.15, -0.1) is 0 Å². The van der Waals surface area contributed by atoms with Crippen molar-refractivity contribution < 1.29 is 0 Å². The predicted molar refractivity (Wildman–Crippen MR) is 122 cm³/mol. The van der Waals surface area contributed by atoms with E-state index in [0.717, 1.165) is 12.1 Å². The van der Waals surface area contributed by atoms with E-state index < -0.39 is 0 Å². The van der Waals surface area contributed by atoms with Gasteiger partial charge in [0.25, 0.3) is 0 Å². The molecule has 1 unspecified atom stereocenters. The molecule has 2 heteroatoms. The highest BCUT2D eigenvalue weighted by Crippen LogP contribution is 2.32. The van der Waals surface area contributed by atoms with E-state index in [1.54, 1.807) is 0 Å². The van der Waals surface area contributed by atoms with Crippen molar-refractivity contribution in [3.8, 4) is 0 Å². The van der Waals surface area contributed by atoms with Gasteiger partial charge in [0.05, 0.1) is 16.7 Å². The van der Waals surface area contributed by atoms with Crippen LogP contribution in [0.3, 0.4) is 0 Å². The van der Waals surface area contributed by atoms with Crippen LogP contribution in [0.25, 0.3) is 21.8 Å². The minimum atomic E-state index is 0.430. The second kappa shape index (κ2) is 8.43. The molecular weight excluding hydrogens is 340 g/mol. The molecule has 0 amide bonds. The highest BCUT2D eigenvalue weighted by Gasteiger charge is 2.21. The Bertz CT molecular complexity index is 1040. The molecule has 0 aliphatic carbocycles. The quantitative estimate of drug-likeness (QED) is 0.246. The summed E-state index contributed by atoms with van der Waals surface area (Å²) >= 11 is 0. The van der Waals surface area contributed by atoms with Gasteiger partial charge in [0.2, 0.25) is 0 Å². The van der Waals surface area contributed by atoms with Gasteiger partial charge in [-0.05, 0) is 37.1 Å². The molecule has 0 spiro atoms. The number of unbranched alkanes of at least 4 members (excludes halogenated alkanes) is 1. The van der Waals surface area contributed by atoms with Crippen molar-refractivity contribution in [3.05, 3.63) is 78.9 Å². The second-order valence-corrected chi connectivity index (χ2v) is 7.42. The Labute approximate surface area is 167 Å². The fraction of sp³-hybridized carbons (Fsp3) is 0.269. The lowest BCUT2D eigenvalue weighted by Crippen LogP contribution is -2.22. The summed E-state index contributed by atoms with van der Waals surface area (Å²) in [5.74, 6) is 1.60. The van der Waals surface area contributed by atoms with Crippen molar-refractivity contribution in [2.75, 3.05) is 0 Å². The molecule has 0 fully saturated rings. The van der Waals surface area contributed by atoms with Crippen LogP contribution in [0.4, 0.5) is 5.69 Å². The molecule has 1 atom stereocenters. The van der Waals surface area contributed by atoms with Crippen LogP contribution >= 0.6 is 0 Å². The van der Waals surface area contributed by atoms with E-state index in [2.05, 4.69) is 91.2 Å². The first-order valence-electron chi connectivity index (χ1n) is 10.5. The van der Waals surface area contributed by atoms with Gasteiger partial charge < -0.3 is 0 Å². The number of benzene rings is 3. The molecule has 1 heterocycles. The molecule has 3 aromatic carbocycles. The molecule has 0 N–H and O–H groups in total. The minimum Gasteiger partial charge on any atom is -0.297 e. The van der Waals surface area contributed by atoms with Crippen molar-refractivity contribution in [2.45, 2.75) is 39.5 Å². The standard InChI is InChI=1S/C26H28N2/c1-3-5-13-20(4-2)26(27-21-14-7-6-8-15-21)28-24-18-11-9-16-22(24)23-17-10-12-19-25(23)28/h6-12,14-20H,3-5,13H2,1-2H3. The lowest BCUT2D eigenvalue weighted by atomic mass is 9.97. The number of hydrogen-bond acceptors (Lipinski definition) is 1. The van der Waals surface area contributed by atoms with E-state index in [-0.39, 0.29) is 0 Å². The van der Waals surface area contributed by atoms with Gasteiger partial charge in [0.15, 0.2) is 0 Å². The van der Waals surface area contributed by atoms with Gasteiger partial charge >= 0.3 is 0 Å². The average Bonchev–Trinajstić information content (AvgIpc) is 3.08. The normalized spacial score (nSPS) is 13.3. The van der Waals surface area contributed by atoms with Crippen LogP contribution < -0.4 is 0 Å². The molecule has 0 saturated heterocycles. The van der Waals surface area contributed by atoms with Crippen LogP contribution in [0.1, 0.15) is 39.5 Å². The van der Waals surface area contributed by atoms with Crippen molar-refractivity contribution >= 4 is 33.3 Å². The van der Waals surface area contributed by atoms with E-state index in [0.29, 0.717) is 5.92 Å². The first-order chi connectivity index (χ1) is 13.8. The number of nitrogens with zero attached hydrogens (tertiary/aromatic N) is 2. The average molecular weight is 369 g/mol. The number of rotatable bonds is 6. The minimum absolute atomic E-state index is 0.430. The molecular formula is C26H28N2. The van der Waals surface area contributed by atoms with Gasteiger partial charge in [-0.3, -0.25) is 4.57 Å². The molecule has 28 heavy (non-hydrogen) atoms. The summed E-state index contributed by atoms with van der Waals surface area (Å²) in [6.45, 7) is 4.55. The Balaban J connectivity index is 2.00. The summed E-state index contributed by atoms with van der Waals surface area (Å²) in [6, 6.07) is 27.8. The summed E-state index contributed by atoms with van der Waals surface area (Å²) in [7, 11) is 0. The molecule has 0 bridgehead atoms. The van der Waals surface area contributed by atoms with E-state index in [9.17, 15) is 0 Å². The van der Waals surface area contributed by atoms with Gasteiger partial charge in [0.1, 0.15) is 5.84 Å². The van der Waals surface area contributed by atoms with Gasteiger partial charge in [0, 0.05) is 16.7 Å². The third kappa shape index (κ3) is 3.47. The van der Waals surface area contributed by atoms with E-state index in [4.69, 9.17) is 4.99 Å². The van der Waals surface area contributed by atoms with Crippen molar-refractivity contribution in [2.24, 2.45) is 10.9 Å². The first-order valence-corrected chi connectivity index (χ1v) is 10.5. The maximum absolute atomic E-state index is 5.21. The Morgan fingerprint density at radius 3 is 1.93 bits per heavy atom. The van der Waals surface area contributed by atoms with Crippen LogP contribution in [-0.2, 0) is 0 Å². The van der Waals surface area contributed by atoms with Crippen LogP contribution in [0.5, 0.6) is 0 Å². The molecule has 2 nitrogen and oxygen atoms in total. The van der Waals surface area contributed by atoms with Gasteiger partial charge in [-0.25, -0.2) is 4.99 Å². The second-order valence-electron chi connectivity index (χ2n) is 7.42. The van der Waals surface area contributed by atoms with E-state index in [1.165, 1.54) is 46.9 Å². The van der Waals surface area contributed by atoms with Crippen LogP contribution in [0.15, 0.2) is 83.9 Å². The van der Waals surface area contributed by atoms with Gasteiger partial charge in [-0.2, -0.15) is 0 Å². The number of aliphatic imine (C=N–C) groups is 1. The lowest BCUT2D eigenvalue weighted by molar-refractivity contribution is 0.559. The predicted octanol–water partition coefficient (Wildman–Crippen LogP) is 7.59. The number of aromatic nitrogens is 1. The SMILES string of the molecule is CCCCC(CC)C(=Nc1ccccc1)n1c2ccccc2c2ccccc21. The van der Waals surface area contributed by atoms with E-state index >= 15 is 0 Å². The Morgan fingerprint density at radius 1 is 0.786 bits per heavy atom. The fourth-order valence-electron chi connectivity index (χ4n) is 4.09. The molecule has 0 aliphatic heterocycles. The maximum Gasteiger partial charge on any atom is 0.117 e. The van der Waals surface area contributed by atoms with Crippen LogP contribution in [0, 0.1) is 5.92 Å². The van der Waals surface area contributed by atoms with Crippen molar-refractivity contribution in [3.63, 3.8) is 0 Å². The van der Waals surface area contributed by atoms with Crippen LogP contribution in [0.2, 0.25) is 0 Å². The fourth-order valence-corrected chi connectivity index (χ4v) is 4.09. The topological polar surface area (TPSA) is 17.3 Å². The third-order valence-corrected chi connectivity index (χ3v) is 5.57. The Morgan fingerprint density at radius 2 is 1.36 bits per heavy atom. The molecule has 0 radical (unpaired) electrons. The van der Waals surface area contributed by atoms with Gasteiger partial charge in [-0.1, -0.05) is 81.3 Å². The molecule has 4 rings (SSSR count). The summed E-state index contributed by atoms with van der Waals surface area (Å²) in [5, 5.41) is 2.59. The summed E-state index contributed by atoms with van der Waals surface area (Å²) in [4.78, 5) is 5.21. The van der Waals surface area contributed by atoms with Crippen LogP contribution in [-0.4, -0.2) is 10.4 Å². The van der Waals surface area contributed by atoms with Crippen molar-refractivity contribution in [1.82, 2.24) is 4.57 Å². The lowest BCUT2D eigenvalue weighted by Gasteiger charge is -2.21. The van der Waals surface area contributed by atoms with Crippen molar-refractivity contribution in [1.29, 1.82) is 0 Å². The molecule has 4 aromatic rings. The smallest absolute Gasteiger partial charge is 0.117 e. The maximum atomic E-state index is 5.21.